The molecule has 0 saturated carbocycles. The molecular weight excluding hydrogens is 230 g/mol. The number of benzene rings is 2. The standard InChI is InChI=1S/C18H15N/c1-3-9-17(10-4-1)18-11-7-8-16(14-18)15-19-12-5-2-6-13-19/h1-7,9-14H,15H2/q+1. The summed E-state index contributed by atoms with van der Waals surface area (Å²) in [7, 11) is 0. The number of rotatable bonds is 3. The molecule has 1 aromatic heterocycles. The summed E-state index contributed by atoms with van der Waals surface area (Å²) in [6.45, 7) is 0.849. The van der Waals surface area contributed by atoms with Gasteiger partial charge in [0.2, 0.25) is 0 Å². The molecule has 0 aliphatic rings. The Kier molecular flexibility index (Phi) is 3.37. The highest BCUT2D eigenvalue weighted by Crippen LogP contribution is 2.19. The number of aromatic nitrogens is 1. The van der Waals surface area contributed by atoms with Crippen molar-refractivity contribution in [1.82, 2.24) is 0 Å². The molecule has 0 N–H and O–H groups in total. The molecule has 19 heavy (non-hydrogen) atoms. The van der Waals surface area contributed by atoms with E-state index in [2.05, 4.69) is 59.4 Å². The molecule has 0 bridgehead atoms. The number of hydrogen-bond acceptors (Lipinski definition) is 0. The Bertz CT molecular complexity index is 645. The second kappa shape index (κ2) is 5.49. The molecule has 3 rings (SSSR count). The third-order valence-electron chi connectivity index (χ3n) is 3.10. The summed E-state index contributed by atoms with van der Waals surface area (Å²) < 4.78 is 2.15. The zero-order valence-corrected chi connectivity index (χ0v) is 10.7. The van der Waals surface area contributed by atoms with Crippen LogP contribution in [0.4, 0.5) is 0 Å². The van der Waals surface area contributed by atoms with Crippen molar-refractivity contribution in [2.45, 2.75) is 6.54 Å². The molecule has 0 amide bonds. The minimum absolute atomic E-state index is 0.849. The first kappa shape index (κ1) is 11.7. The predicted molar refractivity (Wildman–Crippen MR) is 76.5 cm³/mol. The minimum atomic E-state index is 0.849. The van der Waals surface area contributed by atoms with E-state index in [0.717, 1.165) is 6.54 Å². The monoisotopic (exact) mass is 245 g/mol. The van der Waals surface area contributed by atoms with Crippen LogP contribution in [0.1, 0.15) is 5.56 Å². The van der Waals surface area contributed by atoms with Gasteiger partial charge in [0.05, 0.1) is 0 Å². The Labute approximate surface area is 113 Å². The van der Waals surface area contributed by atoms with Crippen LogP contribution < -0.4 is 4.57 Å². The van der Waals surface area contributed by atoms with Crippen LogP contribution in [-0.4, -0.2) is 0 Å². The molecule has 0 unspecified atom stereocenters. The smallest absolute Gasteiger partial charge is 0.174 e. The van der Waals surface area contributed by atoms with Gasteiger partial charge in [-0.15, -0.1) is 0 Å². The van der Waals surface area contributed by atoms with Gasteiger partial charge in [0.15, 0.2) is 18.9 Å². The second-order valence-corrected chi connectivity index (χ2v) is 4.52. The normalized spacial score (nSPS) is 10.3. The molecule has 0 saturated heterocycles. The van der Waals surface area contributed by atoms with Crippen LogP contribution in [0.15, 0.2) is 79.1 Å². The Morgan fingerprint density at radius 2 is 1.53 bits per heavy atom. The van der Waals surface area contributed by atoms with Gasteiger partial charge >= 0.3 is 0 Å². The molecule has 2 aromatic carbocycles. The highest BCUT2D eigenvalue weighted by molar-refractivity contribution is 5.63. The lowest BCUT2D eigenvalue weighted by atomic mass is 10.0. The molecular formula is C18H15N+. The second-order valence-electron chi connectivity index (χ2n) is 4.52. The Balaban J connectivity index is 1.89. The highest BCUT2D eigenvalue weighted by atomic mass is 14.9. The van der Waals surface area contributed by atoms with Crippen molar-refractivity contribution in [3.63, 3.8) is 0 Å². The maximum absolute atomic E-state index is 3.31. The van der Waals surface area contributed by atoms with Gasteiger partial charge in [-0.3, -0.25) is 0 Å². The van der Waals surface area contributed by atoms with Gasteiger partial charge < -0.3 is 0 Å². The predicted octanol–water partition coefficient (Wildman–Crippen LogP) is 3.49. The van der Waals surface area contributed by atoms with E-state index in [9.17, 15) is 0 Å². The van der Waals surface area contributed by atoms with E-state index in [4.69, 9.17) is 0 Å². The lowest BCUT2D eigenvalue weighted by Gasteiger charge is -2.03. The van der Waals surface area contributed by atoms with Gasteiger partial charge in [-0.2, -0.15) is 0 Å². The third-order valence-corrected chi connectivity index (χ3v) is 3.10. The minimum Gasteiger partial charge on any atom is -0.201 e. The maximum Gasteiger partial charge on any atom is 0.174 e. The fraction of sp³-hybridized carbons (Fsp3) is 0.0556. The summed E-state index contributed by atoms with van der Waals surface area (Å²) in [6, 6.07) is 26.2. The first-order valence-corrected chi connectivity index (χ1v) is 6.42. The number of nitrogens with zero attached hydrogens (tertiary/aromatic N) is 1. The molecule has 91 valence electrons. The molecule has 0 spiro atoms. The molecule has 0 aliphatic carbocycles. The summed E-state index contributed by atoms with van der Waals surface area (Å²) in [6.07, 6.45) is 4.14. The quantitative estimate of drug-likeness (QED) is 0.622. The summed E-state index contributed by atoms with van der Waals surface area (Å²) in [4.78, 5) is 0. The largest absolute Gasteiger partial charge is 0.201 e. The van der Waals surface area contributed by atoms with Gasteiger partial charge in [-0.25, -0.2) is 4.57 Å². The van der Waals surface area contributed by atoms with E-state index in [1.54, 1.807) is 0 Å². The molecule has 1 nitrogen and oxygen atoms in total. The van der Waals surface area contributed by atoms with Crippen LogP contribution in [-0.2, 0) is 6.54 Å². The highest BCUT2D eigenvalue weighted by Gasteiger charge is 2.03. The Morgan fingerprint density at radius 1 is 0.789 bits per heavy atom. The maximum atomic E-state index is 3.31. The summed E-state index contributed by atoms with van der Waals surface area (Å²) in [5.74, 6) is 0. The van der Waals surface area contributed by atoms with Crippen molar-refractivity contribution in [2.75, 3.05) is 0 Å². The fourth-order valence-corrected chi connectivity index (χ4v) is 2.15. The molecule has 1 heterocycles. The Hall–Kier alpha value is -2.41. The molecule has 1 heteroatoms. The first-order chi connectivity index (χ1) is 9.42. The molecule has 0 aliphatic heterocycles. The SMILES string of the molecule is [c]1ccc(-c2ccccc2)cc1C[n+]1ccccc1. The number of hydrogen-bond donors (Lipinski definition) is 0. The molecule has 0 atom stereocenters. The van der Waals surface area contributed by atoms with Crippen molar-refractivity contribution in [3.05, 3.63) is 90.8 Å². The lowest BCUT2D eigenvalue weighted by Crippen LogP contribution is -2.32. The topological polar surface area (TPSA) is 3.88 Å². The van der Waals surface area contributed by atoms with Crippen LogP contribution in [0.25, 0.3) is 11.1 Å². The van der Waals surface area contributed by atoms with Crippen LogP contribution in [0.3, 0.4) is 0 Å². The molecule has 0 fully saturated rings. The third kappa shape index (κ3) is 2.89. The van der Waals surface area contributed by atoms with Gasteiger partial charge in [0.25, 0.3) is 0 Å². The zero-order chi connectivity index (χ0) is 12.9. The van der Waals surface area contributed by atoms with E-state index < -0.39 is 0 Å². The average molecular weight is 245 g/mol. The van der Waals surface area contributed by atoms with E-state index in [1.165, 1.54) is 16.7 Å². The van der Waals surface area contributed by atoms with E-state index >= 15 is 0 Å². The van der Waals surface area contributed by atoms with Crippen LogP contribution in [0.2, 0.25) is 0 Å². The van der Waals surface area contributed by atoms with E-state index in [0.29, 0.717) is 0 Å². The summed E-state index contributed by atoms with van der Waals surface area (Å²) >= 11 is 0. The van der Waals surface area contributed by atoms with Gasteiger partial charge in [-0.05, 0) is 23.3 Å². The molecule has 1 radical (unpaired) electrons. The van der Waals surface area contributed by atoms with E-state index in [1.807, 2.05) is 30.3 Å². The number of pyridine rings is 1. The van der Waals surface area contributed by atoms with Crippen LogP contribution in [0, 0.1) is 6.07 Å². The lowest BCUT2D eigenvalue weighted by molar-refractivity contribution is -0.688. The average Bonchev–Trinajstić information content (AvgIpc) is 2.49. The van der Waals surface area contributed by atoms with Crippen molar-refractivity contribution < 1.29 is 4.57 Å². The van der Waals surface area contributed by atoms with Gasteiger partial charge in [-0.1, -0.05) is 48.5 Å². The van der Waals surface area contributed by atoms with Crippen molar-refractivity contribution >= 4 is 0 Å². The zero-order valence-electron chi connectivity index (χ0n) is 10.7. The first-order valence-electron chi connectivity index (χ1n) is 6.42. The van der Waals surface area contributed by atoms with Crippen molar-refractivity contribution in [3.8, 4) is 11.1 Å². The van der Waals surface area contributed by atoms with E-state index in [-0.39, 0.29) is 0 Å². The fourth-order valence-electron chi connectivity index (χ4n) is 2.15. The van der Waals surface area contributed by atoms with Gasteiger partial charge in [0, 0.05) is 17.7 Å². The Morgan fingerprint density at radius 3 is 2.32 bits per heavy atom. The van der Waals surface area contributed by atoms with Gasteiger partial charge in [0.1, 0.15) is 0 Å². The van der Waals surface area contributed by atoms with Crippen molar-refractivity contribution in [1.29, 1.82) is 0 Å². The van der Waals surface area contributed by atoms with Crippen LogP contribution >= 0.6 is 0 Å². The van der Waals surface area contributed by atoms with Crippen molar-refractivity contribution in [2.24, 2.45) is 0 Å². The molecule has 3 aromatic rings. The van der Waals surface area contributed by atoms with Crippen LogP contribution in [0.5, 0.6) is 0 Å². The summed E-state index contributed by atoms with van der Waals surface area (Å²) in [5.41, 5.74) is 3.68. The summed E-state index contributed by atoms with van der Waals surface area (Å²) in [5, 5.41) is 0.